The van der Waals surface area contributed by atoms with Crippen LogP contribution in [0, 0.1) is 6.92 Å². The number of nitrogens with one attached hydrogen (secondary N) is 1. The molecule has 166 valence electrons. The molecule has 0 unspecified atom stereocenters. The lowest BCUT2D eigenvalue weighted by Crippen LogP contribution is -2.34. The van der Waals surface area contributed by atoms with Crippen molar-refractivity contribution in [3.05, 3.63) is 54.7 Å². The average Bonchev–Trinajstić information content (AvgIpc) is 3.35. The minimum absolute atomic E-state index is 0.0902. The summed E-state index contributed by atoms with van der Waals surface area (Å²) < 4.78 is 9.96. The molecule has 8 heteroatoms. The number of fused-ring (bicyclic) bond motifs is 1. The quantitative estimate of drug-likeness (QED) is 0.490. The summed E-state index contributed by atoms with van der Waals surface area (Å²) in [7, 11) is 1.88. The minimum Gasteiger partial charge on any atom is -0.488 e. The van der Waals surface area contributed by atoms with Crippen molar-refractivity contribution in [1.29, 1.82) is 0 Å². The molecule has 1 aliphatic rings. The fourth-order valence-corrected chi connectivity index (χ4v) is 4.23. The highest BCUT2D eigenvalue weighted by molar-refractivity contribution is 5.75. The monoisotopic (exact) mass is 432 g/mol. The normalized spacial score (nSPS) is 21.1. The van der Waals surface area contributed by atoms with E-state index in [1.807, 2.05) is 56.1 Å². The third-order valence-corrected chi connectivity index (χ3v) is 6.06. The number of nitrogens with zero attached hydrogens (tertiary/aromatic N) is 5. The number of aryl methyl sites for hydroxylation is 2. The van der Waals surface area contributed by atoms with Crippen LogP contribution in [0.25, 0.3) is 16.6 Å². The lowest BCUT2D eigenvalue weighted by atomic mass is 9.85. The molecule has 4 aromatic heterocycles. The first kappa shape index (κ1) is 20.5. The summed E-state index contributed by atoms with van der Waals surface area (Å²) in [6, 6.07) is 8.22. The zero-order chi connectivity index (χ0) is 22.3. The molecule has 1 saturated carbocycles. The first-order chi connectivity index (χ1) is 15.3. The second-order valence-corrected chi connectivity index (χ2v) is 8.98. The minimum atomic E-state index is -0.581. The Morgan fingerprint density at radius 2 is 2.00 bits per heavy atom. The molecule has 0 spiro atoms. The molecule has 0 atom stereocenters. The van der Waals surface area contributed by atoms with E-state index in [4.69, 9.17) is 4.74 Å². The Morgan fingerprint density at radius 1 is 1.19 bits per heavy atom. The zero-order valence-corrected chi connectivity index (χ0v) is 18.6. The standard InChI is InChI=1S/C24H28N6O2/c1-16-10-21(22(14-25-16)32-20-4-7-24(2,31)8-5-20)17-6-9-30-19(11-17)12-23(28-30)27-18-13-26-29(3)15-18/h6,9-15,20,31H,4-5,7-8H2,1-3H3,(H,27,28)/t20-,24-. The van der Waals surface area contributed by atoms with E-state index in [9.17, 15) is 5.11 Å². The van der Waals surface area contributed by atoms with Gasteiger partial charge in [-0.15, -0.1) is 0 Å². The third-order valence-electron chi connectivity index (χ3n) is 6.06. The predicted molar refractivity (Wildman–Crippen MR) is 123 cm³/mol. The van der Waals surface area contributed by atoms with E-state index in [-0.39, 0.29) is 6.10 Å². The van der Waals surface area contributed by atoms with Crippen LogP contribution in [0.5, 0.6) is 5.75 Å². The fraction of sp³-hybridized carbons (Fsp3) is 0.375. The molecule has 0 saturated heterocycles. The SMILES string of the molecule is Cc1cc(-c2ccn3nc(Nc4cnn(C)c4)cc3c2)c(O[C@H]2CC[C@](C)(O)CC2)cn1. The van der Waals surface area contributed by atoms with Crippen molar-refractivity contribution in [2.45, 2.75) is 51.2 Å². The fourth-order valence-electron chi connectivity index (χ4n) is 4.23. The van der Waals surface area contributed by atoms with Crippen LogP contribution in [0.15, 0.2) is 49.1 Å². The van der Waals surface area contributed by atoms with Crippen LogP contribution in [-0.4, -0.2) is 41.2 Å². The van der Waals surface area contributed by atoms with Crippen LogP contribution in [-0.2, 0) is 7.05 Å². The van der Waals surface area contributed by atoms with E-state index < -0.39 is 5.60 Å². The van der Waals surface area contributed by atoms with Gasteiger partial charge in [0.1, 0.15) is 5.75 Å². The molecule has 0 aromatic carbocycles. The van der Waals surface area contributed by atoms with Crippen molar-refractivity contribution in [3.63, 3.8) is 0 Å². The van der Waals surface area contributed by atoms with Crippen molar-refractivity contribution < 1.29 is 9.84 Å². The molecule has 32 heavy (non-hydrogen) atoms. The number of anilines is 2. The Hall–Kier alpha value is -3.39. The maximum Gasteiger partial charge on any atom is 0.153 e. The molecular formula is C24H28N6O2. The Kier molecular flexibility index (Phi) is 5.09. The van der Waals surface area contributed by atoms with Crippen molar-refractivity contribution in [2.75, 3.05) is 5.32 Å². The van der Waals surface area contributed by atoms with Gasteiger partial charge in [0.25, 0.3) is 0 Å². The van der Waals surface area contributed by atoms with E-state index >= 15 is 0 Å². The van der Waals surface area contributed by atoms with Gasteiger partial charge in [-0.05, 0) is 63.3 Å². The number of aromatic nitrogens is 5. The second kappa shape index (κ2) is 7.94. The van der Waals surface area contributed by atoms with E-state index in [0.29, 0.717) is 0 Å². The number of ether oxygens (including phenoxy) is 1. The smallest absolute Gasteiger partial charge is 0.153 e. The highest BCUT2D eigenvalue weighted by Gasteiger charge is 2.30. The highest BCUT2D eigenvalue weighted by atomic mass is 16.5. The van der Waals surface area contributed by atoms with Crippen molar-refractivity contribution in [3.8, 4) is 16.9 Å². The number of aliphatic hydroxyl groups is 1. The first-order valence-electron chi connectivity index (χ1n) is 11.0. The Bertz CT molecular complexity index is 1250. The predicted octanol–water partition coefficient (Wildman–Crippen LogP) is 4.25. The largest absolute Gasteiger partial charge is 0.488 e. The second-order valence-electron chi connectivity index (χ2n) is 8.98. The van der Waals surface area contributed by atoms with Gasteiger partial charge in [0, 0.05) is 36.8 Å². The van der Waals surface area contributed by atoms with Gasteiger partial charge in [0.15, 0.2) is 5.82 Å². The molecule has 0 amide bonds. The van der Waals surface area contributed by atoms with Crippen LogP contribution in [0.2, 0.25) is 0 Å². The number of hydrogen-bond donors (Lipinski definition) is 2. The molecular weight excluding hydrogens is 404 g/mol. The van der Waals surface area contributed by atoms with Gasteiger partial charge >= 0.3 is 0 Å². The number of pyridine rings is 2. The number of hydrogen-bond acceptors (Lipinski definition) is 6. The first-order valence-corrected chi connectivity index (χ1v) is 11.0. The molecule has 1 fully saturated rings. The number of rotatable bonds is 5. The van der Waals surface area contributed by atoms with Gasteiger partial charge in [-0.3, -0.25) is 9.67 Å². The molecule has 5 rings (SSSR count). The average molecular weight is 433 g/mol. The Morgan fingerprint density at radius 3 is 2.75 bits per heavy atom. The zero-order valence-electron chi connectivity index (χ0n) is 18.6. The van der Waals surface area contributed by atoms with E-state index in [2.05, 4.69) is 32.6 Å². The van der Waals surface area contributed by atoms with Crippen molar-refractivity contribution in [1.82, 2.24) is 24.4 Å². The Labute approximate surface area is 186 Å². The van der Waals surface area contributed by atoms with Crippen LogP contribution in [0.3, 0.4) is 0 Å². The lowest BCUT2D eigenvalue weighted by molar-refractivity contribution is -0.0108. The molecule has 8 nitrogen and oxygen atoms in total. The van der Waals surface area contributed by atoms with Crippen LogP contribution in [0.1, 0.15) is 38.3 Å². The molecule has 0 aliphatic heterocycles. The van der Waals surface area contributed by atoms with Crippen molar-refractivity contribution >= 4 is 17.0 Å². The molecule has 1 aliphatic carbocycles. The summed E-state index contributed by atoms with van der Waals surface area (Å²) in [6.07, 6.45) is 10.7. The molecule has 4 heterocycles. The summed E-state index contributed by atoms with van der Waals surface area (Å²) in [6.45, 7) is 3.89. The van der Waals surface area contributed by atoms with Crippen molar-refractivity contribution in [2.24, 2.45) is 7.05 Å². The van der Waals surface area contributed by atoms with E-state index in [1.54, 1.807) is 10.9 Å². The molecule has 2 N–H and O–H groups in total. The molecule has 4 aromatic rings. The maximum absolute atomic E-state index is 10.2. The summed E-state index contributed by atoms with van der Waals surface area (Å²) in [4.78, 5) is 4.46. The summed E-state index contributed by atoms with van der Waals surface area (Å²) in [5.74, 6) is 1.53. The topological polar surface area (TPSA) is 89.5 Å². The van der Waals surface area contributed by atoms with Gasteiger partial charge in [-0.2, -0.15) is 10.2 Å². The third kappa shape index (κ3) is 4.31. The Balaban J connectivity index is 1.42. The summed E-state index contributed by atoms with van der Waals surface area (Å²) in [5, 5.41) is 22.3. The van der Waals surface area contributed by atoms with Crippen LogP contribution in [0.4, 0.5) is 11.5 Å². The van der Waals surface area contributed by atoms with E-state index in [1.165, 1.54) is 0 Å². The van der Waals surface area contributed by atoms with E-state index in [0.717, 1.165) is 65.3 Å². The van der Waals surface area contributed by atoms with Crippen LogP contribution >= 0.6 is 0 Å². The molecule has 0 bridgehead atoms. The van der Waals surface area contributed by atoms with Gasteiger partial charge < -0.3 is 15.2 Å². The summed E-state index contributed by atoms with van der Waals surface area (Å²) in [5.41, 5.74) is 4.29. The lowest BCUT2D eigenvalue weighted by Gasteiger charge is -2.33. The molecule has 0 radical (unpaired) electrons. The van der Waals surface area contributed by atoms with Gasteiger partial charge in [-0.1, -0.05) is 0 Å². The highest BCUT2D eigenvalue weighted by Crippen LogP contribution is 2.35. The summed E-state index contributed by atoms with van der Waals surface area (Å²) >= 11 is 0. The van der Waals surface area contributed by atoms with Gasteiger partial charge in [0.2, 0.25) is 0 Å². The maximum atomic E-state index is 10.2. The van der Waals surface area contributed by atoms with Crippen LogP contribution < -0.4 is 10.1 Å². The van der Waals surface area contributed by atoms with Gasteiger partial charge in [0.05, 0.1) is 35.3 Å². The van der Waals surface area contributed by atoms with Gasteiger partial charge in [-0.25, -0.2) is 4.52 Å².